The van der Waals surface area contributed by atoms with Crippen molar-refractivity contribution in [2.75, 3.05) is 13.1 Å². The van der Waals surface area contributed by atoms with Gasteiger partial charge in [-0.3, -0.25) is 9.59 Å². The van der Waals surface area contributed by atoms with Crippen LogP contribution < -0.4 is 0 Å². The SMILES string of the molecule is C=C(C)CN(CC)C(=O)C1CC(C)CC1C(=O)O. The lowest BCUT2D eigenvalue weighted by molar-refractivity contribution is -0.148. The lowest BCUT2D eigenvalue weighted by Gasteiger charge is -2.26. The molecule has 0 spiro atoms. The van der Waals surface area contributed by atoms with Crippen molar-refractivity contribution < 1.29 is 14.7 Å². The highest BCUT2D eigenvalue weighted by molar-refractivity contribution is 5.85. The molecular weight excluding hydrogens is 230 g/mol. The standard InChI is InChI=1S/C14H23NO3/c1-5-15(8-9(2)3)13(16)11-6-10(4)7-12(11)14(17)18/h10-12H,2,5-8H2,1,3-4H3,(H,17,18). The van der Waals surface area contributed by atoms with E-state index in [0.29, 0.717) is 31.8 Å². The van der Waals surface area contributed by atoms with E-state index < -0.39 is 11.9 Å². The number of rotatable bonds is 5. The zero-order chi connectivity index (χ0) is 13.9. The fraction of sp³-hybridized carbons (Fsp3) is 0.714. The Hall–Kier alpha value is -1.32. The molecule has 1 aliphatic rings. The number of nitrogens with zero attached hydrogens (tertiary/aromatic N) is 1. The first kappa shape index (κ1) is 14.7. The van der Waals surface area contributed by atoms with Crippen molar-refractivity contribution in [3.05, 3.63) is 12.2 Å². The van der Waals surface area contributed by atoms with Gasteiger partial charge in [-0.1, -0.05) is 19.1 Å². The molecule has 1 rings (SSSR count). The van der Waals surface area contributed by atoms with Crippen molar-refractivity contribution >= 4 is 11.9 Å². The fourth-order valence-corrected chi connectivity index (χ4v) is 2.74. The van der Waals surface area contributed by atoms with Crippen LogP contribution in [0, 0.1) is 17.8 Å². The Morgan fingerprint density at radius 1 is 1.33 bits per heavy atom. The summed E-state index contributed by atoms with van der Waals surface area (Å²) in [4.78, 5) is 25.3. The average molecular weight is 253 g/mol. The maximum absolute atomic E-state index is 12.4. The van der Waals surface area contributed by atoms with E-state index in [1.54, 1.807) is 4.90 Å². The molecule has 0 bridgehead atoms. The molecule has 0 saturated heterocycles. The molecule has 3 unspecified atom stereocenters. The van der Waals surface area contributed by atoms with E-state index in [9.17, 15) is 14.7 Å². The van der Waals surface area contributed by atoms with E-state index in [2.05, 4.69) is 6.58 Å². The quantitative estimate of drug-likeness (QED) is 0.764. The zero-order valence-corrected chi connectivity index (χ0v) is 11.5. The largest absolute Gasteiger partial charge is 0.481 e. The van der Waals surface area contributed by atoms with Crippen LogP contribution in [0.4, 0.5) is 0 Å². The fourth-order valence-electron chi connectivity index (χ4n) is 2.74. The summed E-state index contributed by atoms with van der Waals surface area (Å²) in [6.45, 7) is 10.7. The normalized spacial score (nSPS) is 26.9. The molecule has 1 amide bonds. The van der Waals surface area contributed by atoms with Gasteiger partial charge in [-0.05, 0) is 32.6 Å². The second-order valence-corrected chi connectivity index (χ2v) is 5.44. The van der Waals surface area contributed by atoms with Crippen LogP contribution in [0.15, 0.2) is 12.2 Å². The monoisotopic (exact) mass is 253 g/mol. The third-order valence-electron chi connectivity index (χ3n) is 3.59. The summed E-state index contributed by atoms with van der Waals surface area (Å²) in [7, 11) is 0. The number of amides is 1. The molecule has 0 aromatic carbocycles. The molecule has 0 radical (unpaired) electrons. The van der Waals surface area contributed by atoms with Gasteiger partial charge in [-0.15, -0.1) is 0 Å². The van der Waals surface area contributed by atoms with Gasteiger partial charge in [-0.25, -0.2) is 0 Å². The number of hydrogen-bond acceptors (Lipinski definition) is 2. The summed E-state index contributed by atoms with van der Waals surface area (Å²) in [5.41, 5.74) is 0.920. The minimum Gasteiger partial charge on any atom is -0.481 e. The van der Waals surface area contributed by atoms with E-state index >= 15 is 0 Å². The molecule has 102 valence electrons. The Balaban J connectivity index is 2.80. The molecule has 4 heteroatoms. The molecule has 0 aromatic heterocycles. The summed E-state index contributed by atoms with van der Waals surface area (Å²) in [5.74, 6) is -1.45. The molecular formula is C14H23NO3. The maximum atomic E-state index is 12.4. The van der Waals surface area contributed by atoms with Crippen LogP contribution in [0.2, 0.25) is 0 Å². The van der Waals surface area contributed by atoms with Crippen LogP contribution in [0.1, 0.15) is 33.6 Å². The molecule has 1 N–H and O–H groups in total. The van der Waals surface area contributed by atoms with Gasteiger partial charge in [0, 0.05) is 13.1 Å². The molecule has 3 atom stereocenters. The average Bonchev–Trinajstić information content (AvgIpc) is 2.67. The number of aliphatic carboxylic acids is 1. The Morgan fingerprint density at radius 2 is 1.89 bits per heavy atom. The maximum Gasteiger partial charge on any atom is 0.307 e. The first-order valence-corrected chi connectivity index (χ1v) is 6.52. The highest BCUT2D eigenvalue weighted by atomic mass is 16.4. The van der Waals surface area contributed by atoms with Gasteiger partial charge in [-0.2, -0.15) is 0 Å². The summed E-state index contributed by atoms with van der Waals surface area (Å²) in [5, 5.41) is 9.20. The molecule has 0 aliphatic heterocycles. The lowest BCUT2D eigenvalue weighted by Crippen LogP contribution is -2.39. The first-order valence-electron chi connectivity index (χ1n) is 6.52. The Labute approximate surface area is 109 Å². The van der Waals surface area contributed by atoms with Crippen molar-refractivity contribution in [1.29, 1.82) is 0 Å². The van der Waals surface area contributed by atoms with Crippen LogP contribution in [0.3, 0.4) is 0 Å². The summed E-state index contributed by atoms with van der Waals surface area (Å²) >= 11 is 0. The first-order chi connectivity index (χ1) is 8.36. The molecule has 1 fully saturated rings. The number of hydrogen-bond donors (Lipinski definition) is 1. The van der Waals surface area contributed by atoms with E-state index in [0.717, 1.165) is 5.57 Å². The van der Waals surface area contributed by atoms with Crippen LogP contribution in [-0.4, -0.2) is 35.0 Å². The Kier molecular flexibility index (Phi) is 4.93. The van der Waals surface area contributed by atoms with Gasteiger partial charge >= 0.3 is 5.97 Å². The van der Waals surface area contributed by atoms with Gasteiger partial charge < -0.3 is 10.0 Å². The highest BCUT2D eigenvalue weighted by Gasteiger charge is 2.42. The van der Waals surface area contributed by atoms with Crippen molar-refractivity contribution in [1.82, 2.24) is 4.90 Å². The molecule has 1 aliphatic carbocycles. The number of likely N-dealkylation sites (N-methyl/N-ethyl adjacent to an activating group) is 1. The summed E-state index contributed by atoms with van der Waals surface area (Å²) < 4.78 is 0. The lowest BCUT2D eigenvalue weighted by atomic mass is 9.94. The minimum absolute atomic E-state index is 0.0303. The van der Waals surface area contributed by atoms with Crippen molar-refractivity contribution in [2.45, 2.75) is 33.6 Å². The van der Waals surface area contributed by atoms with Crippen LogP contribution in [-0.2, 0) is 9.59 Å². The molecule has 0 heterocycles. The minimum atomic E-state index is -0.843. The number of carboxylic acids is 1. The Bertz CT molecular complexity index is 351. The summed E-state index contributed by atoms with van der Waals surface area (Å²) in [6.07, 6.45) is 1.29. The molecule has 4 nitrogen and oxygen atoms in total. The topological polar surface area (TPSA) is 57.6 Å². The van der Waals surface area contributed by atoms with Gasteiger partial charge in [0.15, 0.2) is 0 Å². The van der Waals surface area contributed by atoms with Gasteiger partial charge in [0.05, 0.1) is 11.8 Å². The number of carboxylic acid groups (broad SMARTS) is 1. The van der Waals surface area contributed by atoms with E-state index in [1.807, 2.05) is 20.8 Å². The second-order valence-electron chi connectivity index (χ2n) is 5.44. The van der Waals surface area contributed by atoms with Gasteiger partial charge in [0.1, 0.15) is 0 Å². The zero-order valence-electron chi connectivity index (χ0n) is 11.5. The number of carbonyl (C=O) groups excluding carboxylic acids is 1. The second kappa shape index (κ2) is 6.03. The van der Waals surface area contributed by atoms with Crippen LogP contribution in [0.25, 0.3) is 0 Å². The third kappa shape index (κ3) is 3.34. The third-order valence-corrected chi connectivity index (χ3v) is 3.59. The van der Waals surface area contributed by atoms with Gasteiger partial charge in [0.25, 0.3) is 0 Å². The van der Waals surface area contributed by atoms with Gasteiger partial charge in [0.2, 0.25) is 5.91 Å². The van der Waals surface area contributed by atoms with Crippen molar-refractivity contribution in [2.24, 2.45) is 17.8 Å². The highest BCUT2D eigenvalue weighted by Crippen LogP contribution is 2.37. The predicted octanol–water partition coefficient (Wildman–Crippen LogP) is 2.16. The van der Waals surface area contributed by atoms with E-state index in [1.165, 1.54) is 0 Å². The van der Waals surface area contributed by atoms with E-state index in [-0.39, 0.29) is 11.8 Å². The molecule has 18 heavy (non-hydrogen) atoms. The Morgan fingerprint density at radius 3 is 2.33 bits per heavy atom. The summed E-state index contributed by atoms with van der Waals surface area (Å²) in [6, 6.07) is 0. The van der Waals surface area contributed by atoms with Crippen LogP contribution in [0.5, 0.6) is 0 Å². The van der Waals surface area contributed by atoms with Crippen LogP contribution >= 0.6 is 0 Å². The van der Waals surface area contributed by atoms with Crippen molar-refractivity contribution in [3.8, 4) is 0 Å². The molecule has 0 aromatic rings. The number of carbonyl (C=O) groups is 2. The van der Waals surface area contributed by atoms with E-state index in [4.69, 9.17) is 0 Å². The smallest absolute Gasteiger partial charge is 0.307 e. The molecule has 1 saturated carbocycles. The predicted molar refractivity (Wildman–Crippen MR) is 70.1 cm³/mol. The van der Waals surface area contributed by atoms with Crippen molar-refractivity contribution in [3.63, 3.8) is 0 Å².